The number of hydroxylamine groups is 2. The number of methoxy groups -OCH3 is 2. The molecule has 17 heteroatoms. The number of para-hydroxylation sites is 1. The van der Waals surface area contributed by atoms with Gasteiger partial charge >= 0.3 is 5.97 Å². The lowest BCUT2D eigenvalue weighted by Gasteiger charge is -2.41. The maximum absolute atomic E-state index is 14.6. The van der Waals surface area contributed by atoms with Gasteiger partial charge in [0.2, 0.25) is 23.6 Å². The molecule has 2 aromatic rings. The molecule has 2 aliphatic heterocycles. The minimum atomic E-state index is -0.907. The number of fused-ring (bicyclic) bond motifs is 1. The minimum Gasteiger partial charge on any atom is -0.481 e. The number of benzene rings is 1. The number of likely N-dealkylation sites (N-methyl/N-ethyl adjacent to an activating group) is 2. The Hall–Kier alpha value is -4.58. The summed E-state index contributed by atoms with van der Waals surface area (Å²) >= 11 is 0. The Morgan fingerprint density at radius 3 is 2.24 bits per heavy atom. The highest BCUT2D eigenvalue weighted by molar-refractivity contribution is 5.91. The van der Waals surface area contributed by atoms with Gasteiger partial charge in [0, 0.05) is 64.3 Å². The number of carboxylic acid groups (broad SMARTS) is 1. The molecule has 8 unspecified atom stereocenters. The van der Waals surface area contributed by atoms with Gasteiger partial charge < -0.3 is 40.0 Å². The number of ether oxygens (including phenoxy) is 2. The first-order chi connectivity index (χ1) is 32.4. The second-order valence-corrected chi connectivity index (χ2v) is 19.8. The van der Waals surface area contributed by atoms with E-state index in [4.69, 9.17) is 19.4 Å². The average Bonchev–Trinajstić information content (AvgIpc) is 3.97. The zero-order chi connectivity index (χ0) is 50.2. The molecule has 9 atom stereocenters. The molecule has 382 valence electrons. The van der Waals surface area contributed by atoms with Crippen molar-refractivity contribution in [2.45, 2.75) is 162 Å². The van der Waals surface area contributed by atoms with Gasteiger partial charge in [-0.3, -0.25) is 38.5 Å². The fourth-order valence-corrected chi connectivity index (χ4v) is 10.2. The van der Waals surface area contributed by atoms with Crippen LogP contribution in [-0.4, -0.2) is 162 Å². The zero-order valence-corrected chi connectivity index (χ0v) is 42.8. The van der Waals surface area contributed by atoms with Crippen LogP contribution in [0.15, 0.2) is 30.5 Å². The fourth-order valence-electron chi connectivity index (χ4n) is 10.2. The molecule has 1 aromatic carbocycles. The SMILES string of the molecule is CCC(C)C(C(CC(=O)N1CCC[C@H]1C(OC)C(C)C(=O)NC(Cc1c[nH]c2ccccc12)C(=O)N1CCCCO1)OC)N(C)C(=O)C(NC(=O)C(C(C)C)N(C)CCCCCC(=O)O)C(C)C. The Kier molecular flexibility index (Phi) is 22.2. The fraction of sp³-hybridized carbons (Fsp3) is 0.725. The number of carbonyl (C=O) groups is 6. The van der Waals surface area contributed by atoms with Crippen LogP contribution < -0.4 is 10.6 Å². The number of nitrogens with one attached hydrogen (secondary N) is 3. The lowest BCUT2D eigenvalue weighted by atomic mass is 9.89. The Morgan fingerprint density at radius 2 is 1.62 bits per heavy atom. The monoisotopic (exact) mass is 954 g/mol. The normalized spacial score (nSPS) is 19.1. The van der Waals surface area contributed by atoms with Gasteiger partial charge in [0.25, 0.3) is 5.91 Å². The van der Waals surface area contributed by atoms with Crippen molar-refractivity contribution >= 4 is 46.4 Å². The number of hydrogen-bond acceptors (Lipinski definition) is 10. The van der Waals surface area contributed by atoms with Crippen molar-refractivity contribution in [2.75, 3.05) is 54.6 Å². The first-order valence-electron chi connectivity index (χ1n) is 25.0. The number of amides is 5. The summed E-state index contributed by atoms with van der Waals surface area (Å²) in [6, 6.07) is 4.61. The van der Waals surface area contributed by atoms with Gasteiger partial charge in [-0.25, -0.2) is 5.06 Å². The maximum atomic E-state index is 14.6. The molecule has 2 saturated heterocycles. The number of carboxylic acids is 1. The highest BCUT2D eigenvalue weighted by atomic mass is 16.7. The number of aromatic nitrogens is 1. The number of rotatable bonds is 27. The Balaban J connectivity index is 1.48. The number of carbonyl (C=O) groups excluding carboxylic acids is 5. The second-order valence-electron chi connectivity index (χ2n) is 19.8. The molecule has 0 bridgehead atoms. The van der Waals surface area contributed by atoms with Gasteiger partial charge in [-0.1, -0.05) is 79.5 Å². The standard InChI is InChI=1S/C51H83N7O10/c1-12-34(6)46(56(9)51(65)44(32(2)3)54-49(63)45(33(4)5)55(8)25-17-13-14-24-43(60)61)41(66-10)30-42(59)57-26-20-23-40(57)47(67-11)35(7)48(62)53-39(50(64)58-27-18-19-28-68-58)29-36-31-52-38-22-16-15-21-37(36)38/h15-16,21-22,31-35,39-41,44-47,52H,12-14,17-20,23-30H2,1-11H3,(H,53,62)(H,54,63)(H,60,61)/t34?,35?,39?,40-,41?,44?,45?,46?,47?/m0/s1. The number of H-pyrrole nitrogens is 1. The third-order valence-corrected chi connectivity index (χ3v) is 14.2. The van der Waals surface area contributed by atoms with Crippen molar-refractivity contribution in [3.63, 3.8) is 0 Å². The molecule has 0 spiro atoms. The lowest BCUT2D eigenvalue weighted by molar-refractivity contribution is -0.199. The van der Waals surface area contributed by atoms with Crippen LogP contribution in [0.3, 0.4) is 0 Å². The Labute approximate surface area is 404 Å². The molecule has 17 nitrogen and oxygen atoms in total. The van der Waals surface area contributed by atoms with E-state index >= 15 is 0 Å². The van der Waals surface area contributed by atoms with E-state index in [1.165, 1.54) is 5.06 Å². The van der Waals surface area contributed by atoms with Crippen LogP contribution >= 0.6 is 0 Å². The quantitative estimate of drug-likeness (QED) is 0.0835. The van der Waals surface area contributed by atoms with Gasteiger partial charge in [0.05, 0.1) is 49.3 Å². The summed E-state index contributed by atoms with van der Waals surface area (Å²) in [6.45, 7) is 15.5. The van der Waals surface area contributed by atoms with Crippen molar-refractivity contribution < 1.29 is 48.2 Å². The van der Waals surface area contributed by atoms with E-state index in [1.54, 1.807) is 38.0 Å². The maximum Gasteiger partial charge on any atom is 0.303 e. The van der Waals surface area contributed by atoms with Crippen molar-refractivity contribution in [1.29, 1.82) is 0 Å². The van der Waals surface area contributed by atoms with Crippen LogP contribution in [0, 0.1) is 23.7 Å². The molecule has 1 aromatic heterocycles. The lowest BCUT2D eigenvalue weighted by Crippen LogP contribution is -2.60. The van der Waals surface area contributed by atoms with Crippen LogP contribution in [0.1, 0.15) is 118 Å². The summed E-state index contributed by atoms with van der Waals surface area (Å²) in [4.78, 5) is 96.8. The average molecular weight is 954 g/mol. The van der Waals surface area contributed by atoms with E-state index < -0.39 is 54.3 Å². The molecule has 2 fully saturated rings. The summed E-state index contributed by atoms with van der Waals surface area (Å²) in [5, 5.41) is 17.5. The molecule has 2 aliphatic rings. The summed E-state index contributed by atoms with van der Waals surface area (Å²) in [5.74, 6) is -3.36. The first kappa shape index (κ1) is 56.0. The van der Waals surface area contributed by atoms with E-state index in [0.717, 1.165) is 42.1 Å². The smallest absolute Gasteiger partial charge is 0.303 e. The zero-order valence-electron chi connectivity index (χ0n) is 42.8. The third-order valence-electron chi connectivity index (χ3n) is 14.2. The van der Waals surface area contributed by atoms with Crippen LogP contribution in [0.2, 0.25) is 0 Å². The largest absolute Gasteiger partial charge is 0.481 e. The molecule has 5 amide bonds. The summed E-state index contributed by atoms with van der Waals surface area (Å²) in [6.07, 6.45) is 6.53. The van der Waals surface area contributed by atoms with Crippen LogP contribution in [0.4, 0.5) is 0 Å². The summed E-state index contributed by atoms with van der Waals surface area (Å²) in [5.41, 5.74) is 1.82. The Bertz CT molecular complexity index is 1950. The van der Waals surface area contributed by atoms with E-state index in [0.29, 0.717) is 51.9 Å². The highest BCUT2D eigenvalue weighted by Gasteiger charge is 2.44. The topological polar surface area (TPSA) is 203 Å². The van der Waals surface area contributed by atoms with Crippen LogP contribution in [0.25, 0.3) is 10.9 Å². The van der Waals surface area contributed by atoms with Crippen LogP contribution in [0.5, 0.6) is 0 Å². The molecule has 3 heterocycles. The summed E-state index contributed by atoms with van der Waals surface area (Å²) < 4.78 is 12.2. The number of aromatic amines is 1. The highest BCUT2D eigenvalue weighted by Crippen LogP contribution is 2.30. The molecule has 68 heavy (non-hydrogen) atoms. The molecule has 4 rings (SSSR count). The molecule has 0 radical (unpaired) electrons. The second kappa shape index (κ2) is 27.0. The first-order valence-corrected chi connectivity index (χ1v) is 25.0. The van der Waals surface area contributed by atoms with Gasteiger partial charge in [-0.2, -0.15) is 0 Å². The molecular formula is C51H83N7O10. The van der Waals surface area contributed by atoms with Crippen molar-refractivity contribution in [2.24, 2.45) is 23.7 Å². The Morgan fingerprint density at radius 1 is 0.897 bits per heavy atom. The molecular weight excluding hydrogens is 871 g/mol. The molecule has 4 N–H and O–H groups in total. The van der Waals surface area contributed by atoms with Gasteiger partial charge in [-0.15, -0.1) is 0 Å². The minimum absolute atomic E-state index is 0.0287. The van der Waals surface area contributed by atoms with Crippen molar-refractivity contribution in [3.8, 4) is 0 Å². The number of aliphatic carboxylic acids is 1. The van der Waals surface area contributed by atoms with Gasteiger partial charge in [0.1, 0.15) is 12.1 Å². The number of hydrogen-bond donors (Lipinski definition) is 4. The number of nitrogens with zero attached hydrogens (tertiary/aromatic N) is 4. The van der Waals surface area contributed by atoms with Crippen molar-refractivity contribution in [3.05, 3.63) is 36.0 Å². The van der Waals surface area contributed by atoms with E-state index in [-0.39, 0.29) is 66.6 Å². The van der Waals surface area contributed by atoms with Crippen LogP contribution in [-0.2, 0) is 49.5 Å². The predicted octanol–water partition coefficient (Wildman–Crippen LogP) is 5.41. The molecule has 0 saturated carbocycles. The van der Waals surface area contributed by atoms with Gasteiger partial charge in [-0.05, 0) is 81.5 Å². The number of unbranched alkanes of at least 4 members (excludes halogenated alkanes) is 2. The molecule has 0 aliphatic carbocycles. The van der Waals surface area contributed by atoms with E-state index in [9.17, 15) is 28.8 Å². The predicted molar refractivity (Wildman–Crippen MR) is 261 cm³/mol. The third kappa shape index (κ3) is 14.7. The van der Waals surface area contributed by atoms with E-state index in [1.807, 2.05) is 84.0 Å². The van der Waals surface area contributed by atoms with E-state index in [2.05, 4.69) is 15.6 Å². The van der Waals surface area contributed by atoms with Gasteiger partial charge in [0.15, 0.2) is 0 Å². The number of likely N-dealkylation sites (tertiary alicyclic amines) is 1. The van der Waals surface area contributed by atoms with Crippen molar-refractivity contribution in [1.82, 2.24) is 35.4 Å². The summed E-state index contributed by atoms with van der Waals surface area (Å²) in [7, 11) is 6.69.